The number of ether oxygens (including phenoxy) is 1. The number of halogens is 2. The molecule has 1 unspecified atom stereocenters. The molecule has 0 aliphatic rings. The summed E-state index contributed by atoms with van der Waals surface area (Å²) in [5.41, 5.74) is 2.31. The van der Waals surface area contributed by atoms with Gasteiger partial charge >= 0.3 is 0 Å². The van der Waals surface area contributed by atoms with E-state index < -0.39 is 0 Å². The molecule has 5 nitrogen and oxygen atoms in total. The summed E-state index contributed by atoms with van der Waals surface area (Å²) in [4.78, 5) is 8.35. The number of rotatable bonds is 7. The molecule has 2 rings (SSSR count). The number of aliphatic imine (C=N–C) groups is 1. The van der Waals surface area contributed by atoms with Crippen molar-refractivity contribution in [3.8, 4) is 5.75 Å². The monoisotopic (exact) mass is 488 g/mol. The van der Waals surface area contributed by atoms with Crippen LogP contribution in [0, 0.1) is 0 Å². The van der Waals surface area contributed by atoms with Crippen LogP contribution in [0.3, 0.4) is 0 Å². The Morgan fingerprint density at radius 3 is 2.65 bits per heavy atom. The van der Waals surface area contributed by atoms with Crippen LogP contribution >= 0.6 is 35.6 Å². The van der Waals surface area contributed by atoms with Crippen LogP contribution < -0.4 is 15.4 Å². The first-order chi connectivity index (χ1) is 12.1. The highest BCUT2D eigenvalue weighted by molar-refractivity contribution is 14.0. The Balaban J connectivity index is 0.00000338. The van der Waals surface area contributed by atoms with Crippen LogP contribution in [0.25, 0.3) is 0 Å². The number of nitrogens with one attached hydrogen (secondary N) is 2. The number of benzene rings is 1. The fourth-order valence-corrected chi connectivity index (χ4v) is 2.65. The van der Waals surface area contributed by atoms with Crippen molar-refractivity contribution in [2.24, 2.45) is 4.99 Å². The molecular formula is C19H26ClIN4O. The number of guanidine groups is 1. The number of para-hydroxylation sites is 1. The van der Waals surface area contributed by atoms with Crippen molar-refractivity contribution < 1.29 is 4.74 Å². The van der Waals surface area contributed by atoms with Crippen LogP contribution in [0.5, 0.6) is 5.75 Å². The van der Waals surface area contributed by atoms with Crippen LogP contribution in [-0.2, 0) is 6.42 Å². The summed E-state index contributed by atoms with van der Waals surface area (Å²) < 4.78 is 5.43. The van der Waals surface area contributed by atoms with E-state index in [1.807, 2.05) is 24.3 Å². The summed E-state index contributed by atoms with van der Waals surface area (Å²) in [6.45, 7) is 3.70. The molecule has 0 saturated carbocycles. The number of pyridine rings is 1. The van der Waals surface area contributed by atoms with Crippen LogP contribution in [0.15, 0.2) is 47.6 Å². The van der Waals surface area contributed by atoms with Crippen LogP contribution in [0.4, 0.5) is 0 Å². The molecule has 0 spiro atoms. The van der Waals surface area contributed by atoms with Crippen molar-refractivity contribution in [3.63, 3.8) is 0 Å². The molecule has 0 saturated heterocycles. The summed E-state index contributed by atoms with van der Waals surface area (Å²) in [5.74, 6) is 1.99. The van der Waals surface area contributed by atoms with Gasteiger partial charge in [0.2, 0.25) is 0 Å². The van der Waals surface area contributed by atoms with E-state index in [1.165, 1.54) is 5.56 Å². The number of hydrogen-bond donors (Lipinski definition) is 2. The fraction of sp³-hybridized carbons (Fsp3) is 0.368. The molecule has 0 amide bonds. The van der Waals surface area contributed by atoms with E-state index in [2.05, 4.69) is 33.6 Å². The van der Waals surface area contributed by atoms with Crippen molar-refractivity contribution in [3.05, 3.63) is 58.9 Å². The Morgan fingerprint density at radius 1 is 1.23 bits per heavy atom. The third-order valence-electron chi connectivity index (χ3n) is 3.96. The Kier molecular flexibility index (Phi) is 10.3. The third kappa shape index (κ3) is 6.99. The van der Waals surface area contributed by atoms with Gasteiger partial charge in [0, 0.05) is 32.3 Å². The molecular weight excluding hydrogens is 463 g/mol. The smallest absolute Gasteiger partial charge is 0.191 e. The molecule has 0 radical (unpaired) electrons. The van der Waals surface area contributed by atoms with E-state index in [0.717, 1.165) is 36.8 Å². The van der Waals surface area contributed by atoms with Crippen molar-refractivity contribution in [2.45, 2.75) is 19.3 Å². The van der Waals surface area contributed by atoms with Crippen LogP contribution in [0.2, 0.25) is 5.15 Å². The van der Waals surface area contributed by atoms with Gasteiger partial charge < -0.3 is 15.4 Å². The zero-order valence-corrected chi connectivity index (χ0v) is 18.4. The molecule has 1 heterocycles. The molecule has 0 fully saturated rings. The van der Waals surface area contributed by atoms with Crippen molar-refractivity contribution in [1.29, 1.82) is 0 Å². The maximum Gasteiger partial charge on any atom is 0.191 e. The number of aromatic nitrogens is 1. The third-order valence-corrected chi connectivity index (χ3v) is 4.19. The highest BCUT2D eigenvalue weighted by Crippen LogP contribution is 2.25. The first-order valence-electron chi connectivity index (χ1n) is 8.32. The second-order valence-corrected chi connectivity index (χ2v) is 6.15. The summed E-state index contributed by atoms with van der Waals surface area (Å²) >= 11 is 5.80. The maximum absolute atomic E-state index is 5.80. The maximum atomic E-state index is 5.80. The van der Waals surface area contributed by atoms with E-state index in [4.69, 9.17) is 16.3 Å². The summed E-state index contributed by atoms with van der Waals surface area (Å²) in [5, 5.41) is 7.19. The lowest BCUT2D eigenvalue weighted by molar-refractivity contribution is 0.406. The molecule has 0 bridgehead atoms. The minimum Gasteiger partial charge on any atom is -0.496 e. The molecule has 1 atom stereocenters. The highest BCUT2D eigenvalue weighted by atomic mass is 127. The van der Waals surface area contributed by atoms with Gasteiger partial charge in [0.25, 0.3) is 0 Å². The molecule has 1 aromatic carbocycles. The van der Waals surface area contributed by atoms with Crippen molar-refractivity contribution in [1.82, 2.24) is 15.6 Å². The van der Waals surface area contributed by atoms with E-state index in [0.29, 0.717) is 11.1 Å². The number of methoxy groups -OCH3 is 1. The summed E-state index contributed by atoms with van der Waals surface area (Å²) in [6.07, 6.45) is 2.65. The second kappa shape index (κ2) is 12.0. The quantitative estimate of drug-likeness (QED) is 0.269. The zero-order chi connectivity index (χ0) is 18.1. The number of hydrogen-bond acceptors (Lipinski definition) is 3. The highest BCUT2D eigenvalue weighted by Gasteiger charge is 2.11. The lowest BCUT2D eigenvalue weighted by Gasteiger charge is -2.18. The van der Waals surface area contributed by atoms with Gasteiger partial charge in [0.15, 0.2) is 5.96 Å². The average Bonchev–Trinajstić information content (AvgIpc) is 2.65. The molecule has 0 aliphatic heterocycles. The van der Waals surface area contributed by atoms with Gasteiger partial charge in [-0.05, 0) is 29.7 Å². The Hall–Kier alpha value is -1.54. The standard InChI is InChI=1S/C19H25ClN4O.HI/c1-14(16-6-4-5-7-17(16)25-3)12-24-19(21-2)22-11-10-15-8-9-18(20)23-13-15;/h4-9,13-14H,10-12H2,1-3H3,(H2,21,22,24);1H. The lowest BCUT2D eigenvalue weighted by atomic mass is 10.0. The van der Waals surface area contributed by atoms with Gasteiger partial charge in [-0.2, -0.15) is 0 Å². The molecule has 7 heteroatoms. The molecule has 26 heavy (non-hydrogen) atoms. The van der Waals surface area contributed by atoms with E-state index in [-0.39, 0.29) is 24.0 Å². The number of nitrogens with zero attached hydrogens (tertiary/aromatic N) is 2. The summed E-state index contributed by atoms with van der Waals surface area (Å²) in [7, 11) is 3.47. The van der Waals surface area contributed by atoms with Gasteiger partial charge in [0.05, 0.1) is 7.11 Å². The average molecular weight is 489 g/mol. The predicted octanol–water partition coefficient (Wildman–Crippen LogP) is 3.87. The van der Waals surface area contributed by atoms with Crippen molar-refractivity contribution >= 4 is 41.5 Å². The normalized spacial score (nSPS) is 12.1. The fourth-order valence-electron chi connectivity index (χ4n) is 2.53. The van der Waals surface area contributed by atoms with Gasteiger partial charge in [-0.15, -0.1) is 24.0 Å². The molecule has 1 aromatic heterocycles. The predicted molar refractivity (Wildman–Crippen MR) is 119 cm³/mol. The van der Waals surface area contributed by atoms with E-state index in [1.54, 1.807) is 26.4 Å². The van der Waals surface area contributed by atoms with Crippen LogP contribution in [-0.4, -0.2) is 38.2 Å². The summed E-state index contributed by atoms with van der Waals surface area (Å²) in [6, 6.07) is 11.9. The SMILES string of the molecule is CN=C(NCCc1ccc(Cl)nc1)NCC(C)c1ccccc1OC.I. The van der Waals surface area contributed by atoms with Crippen LogP contribution in [0.1, 0.15) is 24.0 Å². The topological polar surface area (TPSA) is 58.5 Å². The Morgan fingerprint density at radius 2 is 2.00 bits per heavy atom. The van der Waals surface area contributed by atoms with Gasteiger partial charge in [0.1, 0.15) is 10.9 Å². The molecule has 2 aromatic rings. The van der Waals surface area contributed by atoms with E-state index >= 15 is 0 Å². The first kappa shape index (κ1) is 22.5. The minimum absolute atomic E-state index is 0. The lowest BCUT2D eigenvalue weighted by Crippen LogP contribution is -2.39. The minimum atomic E-state index is 0. The van der Waals surface area contributed by atoms with Gasteiger partial charge in [-0.3, -0.25) is 4.99 Å². The van der Waals surface area contributed by atoms with Gasteiger partial charge in [-0.1, -0.05) is 42.8 Å². The molecule has 142 valence electrons. The zero-order valence-electron chi connectivity index (χ0n) is 15.3. The Bertz CT molecular complexity index is 694. The molecule has 2 N–H and O–H groups in total. The molecule has 0 aliphatic carbocycles. The first-order valence-corrected chi connectivity index (χ1v) is 8.69. The van der Waals surface area contributed by atoms with E-state index in [9.17, 15) is 0 Å². The van der Waals surface area contributed by atoms with Gasteiger partial charge in [-0.25, -0.2) is 4.98 Å². The Labute approximate surface area is 177 Å². The largest absolute Gasteiger partial charge is 0.496 e. The van der Waals surface area contributed by atoms with Crippen molar-refractivity contribution in [2.75, 3.05) is 27.2 Å². The second-order valence-electron chi connectivity index (χ2n) is 5.76.